The molecule has 0 unspecified atom stereocenters. The van der Waals surface area contributed by atoms with Crippen molar-refractivity contribution in [1.29, 1.82) is 0 Å². The molecule has 1 amide bonds. The smallest absolute Gasteiger partial charge is 0.238 e. The Morgan fingerprint density at radius 1 is 1.26 bits per heavy atom. The number of fused-ring (bicyclic) bond motifs is 1. The molecule has 0 spiro atoms. The highest BCUT2D eigenvalue weighted by Crippen LogP contribution is 2.34. The van der Waals surface area contributed by atoms with Gasteiger partial charge >= 0.3 is 0 Å². The van der Waals surface area contributed by atoms with E-state index in [0.29, 0.717) is 18.7 Å². The summed E-state index contributed by atoms with van der Waals surface area (Å²) in [5.41, 5.74) is 1.32. The van der Waals surface area contributed by atoms with Crippen LogP contribution in [0.25, 0.3) is 0 Å². The third-order valence-electron chi connectivity index (χ3n) is 4.44. The average Bonchev–Trinajstić information content (AvgIpc) is 3.02. The topological polar surface area (TPSA) is 80.5 Å². The van der Waals surface area contributed by atoms with Gasteiger partial charge in [-0.1, -0.05) is 6.07 Å². The van der Waals surface area contributed by atoms with Crippen molar-refractivity contribution in [2.45, 2.75) is 23.5 Å². The maximum Gasteiger partial charge on any atom is 0.238 e. The van der Waals surface area contributed by atoms with Gasteiger partial charge < -0.3 is 4.90 Å². The molecule has 0 saturated heterocycles. The highest BCUT2D eigenvalue weighted by Gasteiger charge is 2.27. The van der Waals surface area contributed by atoms with Crippen molar-refractivity contribution in [1.82, 2.24) is 0 Å². The molecule has 0 bridgehead atoms. The lowest BCUT2D eigenvalue weighted by atomic mass is 10.1. The van der Waals surface area contributed by atoms with Gasteiger partial charge in [0.05, 0.1) is 10.6 Å². The van der Waals surface area contributed by atoms with Gasteiger partial charge in [0.1, 0.15) is 11.6 Å². The van der Waals surface area contributed by atoms with Crippen LogP contribution < -0.4 is 10.0 Å². The maximum atomic E-state index is 13.8. The second-order valence-corrected chi connectivity index (χ2v) is 9.11. The van der Waals surface area contributed by atoms with Gasteiger partial charge in [-0.05, 0) is 49.2 Å². The number of benzene rings is 2. The number of hydrogen-bond acceptors (Lipinski definition) is 4. The zero-order valence-corrected chi connectivity index (χ0v) is 16.1. The second kappa shape index (κ2) is 7.57. The molecule has 1 aliphatic heterocycles. The van der Waals surface area contributed by atoms with Crippen molar-refractivity contribution in [2.75, 3.05) is 17.2 Å². The number of carbonyl (C=O) groups excluding carboxylic acids is 1. The summed E-state index contributed by atoms with van der Waals surface area (Å²) in [4.78, 5) is 14.1. The van der Waals surface area contributed by atoms with Gasteiger partial charge in [0.2, 0.25) is 15.9 Å². The normalized spacial score (nSPS) is 14.9. The molecule has 2 aromatic carbocycles. The lowest BCUT2D eigenvalue weighted by molar-refractivity contribution is -0.116. The van der Waals surface area contributed by atoms with E-state index in [1.54, 1.807) is 17.9 Å². The first kappa shape index (κ1) is 19.8. The quantitative estimate of drug-likeness (QED) is 0.819. The number of nitrogens with two attached hydrogens (primary N) is 1. The zero-order valence-electron chi connectivity index (χ0n) is 14.5. The number of primary sulfonamides is 1. The lowest BCUT2D eigenvalue weighted by Gasteiger charge is -2.19. The molecule has 2 N–H and O–H groups in total. The van der Waals surface area contributed by atoms with Gasteiger partial charge in [-0.3, -0.25) is 4.79 Å². The van der Waals surface area contributed by atoms with Crippen molar-refractivity contribution < 1.29 is 22.0 Å². The largest absolute Gasteiger partial charge is 0.311 e. The number of anilines is 1. The van der Waals surface area contributed by atoms with E-state index in [0.717, 1.165) is 17.3 Å². The Bertz CT molecular complexity index is 976. The minimum absolute atomic E-state index is 0.00794. The molecule has 2 aromatic rings. The molecular formula is C18H18F2N2O3S2. The van der Waals surface area contributed by atoms with Crippen LogP contribution in [0.2, 0.25) is 0 Å². The van der Waals surface area contributed by atoms with Gasteiger partial charge in [-0.2, -0.15) is 0 Å². The number of sulfonamides is 1. The number of hydrogen-bond donors (Lipinski definition) is 1. The SMILES string of the molecule is C[C@@H](SCC(=O)N1CCc2cc(S(N)(=O)=O)ccc21)c1c(F)cccc1F. The lowest BCUT2D eigenvalue weighted by Crippen LogP contribution is -2.30. The molecule has 1 heterocycles. The summed E-state index contributed by atoms with van der Waals surface area (Å²) in [5, 5.41) is 4.61. The van der Waals surface area contributed by atoms with Crippen LogP contribution in [0.5, 0.6) is 0 Å². The fraction of sp³-hybridized carbons (Fsp3) is 0.278. The number of rotatable bonds is 5. The number of halogens is 2. The summed E-state index contributed by atoms with van der Waals surface area (Å²) in [5.74, 6) is -1.43. The third-order valence-corrected chi connectivity index (χ3v) is 6.50. The van der Waals surface area contributed by atoms with Crippen molar-refractivity contribution in [3.8, 4) is 0 Å². The van der Waals surface area contributed by atoms with Gasteiger partial charge in [0.15, 0.2) is 0 Å². The number of carbonyl (C=O) groups is 1. The molecule has 3 rings (SSSR count). The zero-order chi connectivity index (χ0) is 19.8. The highest BCUT2D eigenvalue weighted by molar-refractivity contribution is 8.00. The van der Waals surface area contributed by atoms with Crippen LogP contribution in [0, 0.1) is 11.6 Å². The molecule has 144 valence electrons. The van der Waals surface area contributed by atoms with Crippen LogP contribution in [-0.2, 0) is 21.2 Å². The molecule has 1 aliphatic rings. The molecular weight excluding hydrogens is 394 g/mol. The predicted molar refractivity (Wildman–Crippen MR) is 101 cm³/mol. The number of thioether (sulfide) groups is 1. The summed E-state index contributed by atoms with van der Waals surface area (Å²) in [6.45, 7) is 2.07. The van der Waals surface area contributed by atoms with E-state index in [2.05, 4.69) is 0 Å². The molecule has 0 radical (unpaired) electrons. The molecule has 0 fully saturated rings. The van der Waals surface area contributed by atoms with E-state index in [4.69, 9.17) is 5.14 Å². The molecule has 27 heavy (non-hydrogen) atoms. The van der Waals surface area contributed by atoms with Gasteiger partial charge in [-0.15, -0.1) is 11.8 Å². The average molecular weight is 412 g/mol. The van der Waals surface area contributed by atoms with Gasteiger partial charge in [0.25, 0.3) is 0 Å². The summed E-state index contributed by atoms with van der Waals surface area (Å²) in [7, 11) is -3.80. The highest BCUT2D eigenvalue weighted by atomic mass is 32.2. The Balaban J connectivity index is 1.70. The molecule has 9 heteroatoms. The van der Waals surface area contributed by atoms with E-state index in [9.17, 15) is 22.0 Å². The third kappa shape index (κ3) is 4.15. The molecule has 0 saturated carbocycles. The Kier molecular flexibility index (Phi) is 5.55. The minimum atomic E-state index is -3.80. The standard InChI is InChI=1S/C18H18F2N2O3S2/c1-11(18-14(19)3-2-4-15(18)20)26-10-17(23)22-8-7-12-9-13(27(21,24)25)5-6-16(12)22/h2-6,9,11H,7-8,10H2,1H3,(H2,21,24,25)/t11-/m1/s1. The first-order chi connectivity index (χ1) is 12.7. The van der Waals surface area contributed by atoms with Gasteiger partial charge in [0, 0.05) is 23.0 Å². The molecule has 0 aromatic heterocycles. The summed E-state index contributed by atoms with van der Waals surface area (Å²) in [6, 6.07) is 8.08. The Labute approximate surface area is 160 Å². The first-order valence-electron chi connectivity index (χ1n) is 8.20. The van der Waals surface area contributed by atoms with E-state index >= 15 is 0 Å². The Morgan fingerprint density at radius 3 is 2.56 bits per heavy atom. The summed E-state index contributed by atoms with van der Waals surface area (Å²) < 4.78 is 50.6. The fourth-order valence-electron chi connectivity index (χ4n) is 3.07. The fourth-order valence-corrected chi connectivity index (χ4v) is 4.58. The van der Waals surface area contributed by atoms with Crippen LogP contribution in [0.1, 0.15) is 23.3 Å². The van der Waals surface area contributed by atoms with Gasteiger partial charge in [-0.25, -0.2) is 22.3 Å². The monoisotopic (exact) mass is 412 g/mol. The molecule has 0 aliphatic carbocycles. The van der Waals surface area contributed by atoms with Crippen LogP contribution in [0.4, 0.5) is 14.5 Å². The van der Waals surface area contributed by atoms with E-state index in [1.807, 2.05) is 0 Å². The number of nitrogens with zero attached hydrogens (tertiary/aromatic N) is 1. The van der Waals surface area contributed by atoms with Crippen LogP contribution in [0.15, 0.2) is 41.3 Å². The molecule has 5 nitrogen and oxygen atoms in total. The summed E-state index contributed by atoms with van der Waals surface area (Å²) in [6.07, 6.45) is 0.520. The minimum Gasteiger partial charge on any atom is -0.311 e. The maximum absolute atomic E-state index is 13.8. The number of amides is 1. The van der Waals surface area contributed by atoms with Crippen molar-refractivity contribution in [3.05, 3.63) is 59.2 Å². The van der Waals surface area contributed by atoms with E-state index in [1.165, 1.54) is 30.3 Å². The van der Waals surface area contributed by atoms with Crippen LogP contribution >= 0.6 is 11.8 Å². The molecule has 1 atom stereocenters. The Morgan fingerprint density at radius 2 is 1.93 bits per heavy atom. The van der Waals surface area contributed by atoms with E-state index < -0.39 is 26.9 Å². The van der Waals surface area contributed by atoms with E-state index in [-0.39, 0.29) is 22.1 Å². The van der Waals surface area contributed by atoms with Crippen LogP contribution in [-0.4, -0.2) is 26.6 Å². The predicted octanol–water partition coefficient (Wildman–Crippen LogP) is 3.00. The van der Waals surface area contributed by atoms with Crippen molar-refractivity contribution in [2.24, 2.45) is 5.14 Å². The second-order valence-electron chi connectivity index (χ2n) is 6.22. The summed E-state index contributed by atoms with van der Waals surface area (Å²) >= 11 is 1.15. The van der Waals surface area contributed by atoms with Crippen molar-refractivity contribution in [3.63, 3.8) is 0 Å². The van der Waals surface area contributed by atoms with Crippen LogP contribution in [0.3, 0.4) is 0 Å². The Hall–Kier alpha value is -1.97. The van der Waals surface area contributed by atoms with Crippen molar-refractivity contribution >= 4 is 33.4 Å². The first-order valence-corrected chi connectivity index (χ1v) is 10.8.